The number of allylic oxidation sites excluding steroid dienone is 2. The first kappa shape index (κ1) is 24.3. The molecule has 0 saturated carbocycles. The molecule has 2 aromatic heterocycles. The van der Waals surface area contributed by atoms with Gasteiger partial charge in [0.05, 0.1) is 17.6 Å². The Labute approximate surface area is 178 Å². The van der Waals surface area contributed by atoms with Crippen LogP contribution in [0.3, 0.4) is 0 Å². The summed E-state index contributed by atoms with van der Waals surface area (Å²) in [6, 6.07) is 1.34. The normalized spacial score (nSPS) is 12.8. The summed E-state index contributed by atoms with van der Waals surface area (Å²) in [6.45, 7) is 6.68. The van der Waals surface area contributed by atoms with Crippen LogP contribution < -0.4 is 10.0 Å². The number of aliphatic hydroxyl groups excluding tert-OH is 2. The standard InChI is InChI=1S/C19H21F3N4O4S/c1-11(4-5-12(2)28)25-18-23-10-14(19(20,21)22)17(26-18)16-8-13(9-24-31(3)29)15(30-16)6-7-27/h4-5,8,10,24,27-28H,1-2,6-7,9H2,3H3,(H,23,25,26)/b5-4-. The van der Waals surface area contributed by atoms with Crippen LogP contribution in [0.1, 0.15) is 16.9 Å². The molecule has 2 heterocycles. The minimum atomic E-state index is -4.76. The summed E-state index contributed by atoms with van der Waals surface area (Å²) in [5.74, 6) is -0.371. The van der Waals surface area contributed by atoms with Gasteiger partial charge in [0.2, 0.25) is 5.95 Å². The number of hydrogen-bond donors (Lipinski definition) is 4. The summed E-state index contributed by atoms with van der Waals surface area (Å²) >= 11 is 0. The Hall–Kier alpha value is -2.96. The van der Waals surface area contributed by atoms with Gasteiger partial charge < -0.3 is 19.9 Å². The molecule has 0 aliphatic carbocycles. The van der Waals surface area contributed by atoms with Gasteiger partial charge in [-0.05, 0) is 18.2 Å². The van der Waals surface area contributed by atoms with Crippen molar-refractivity contribution >= 4 is 16.9 Å². The summed E-state index contributed by atoms with van der Waals surface area (Å²) in [7, 11) is -1.36. The number of rotatable bonds is 10. The molecule has 0 spiro atoms. The van der Waals surface area contributed by atoms with Crippen LogP contribution in [0.15, 0.2) is 53.4 Å². The van der Waals surface area contributed by atoms with Crippen LogP contribution in [-0.4, -0.2) is 37.3 Å². The molecular formula is C19H21F3N4O4S. The highest BCUT2D eigenvalue weighted by molar-refractivity contribution is 7.82. The molecule has 2 rings (SSSR count). The van der Waals surface area contributed by atoms with Crippen LogP contribution >= 0.6 is 0 Å². The van der Waals surface area contributed by atoms with E-state index in [0.29, 0.717) is 11.8 Å². The molecule has 0 aromatic carbocycles. The zero-order chi connectivity index (χ0) is 23.2. The van der Waals surface area contributed by atoms with Gasteiger partial charge >= 0.3 is 6.18 Å². The van der Waals surface area contributed by atoms with Gasteiger partial charge in [-0.15, -0.1) is 0 Å². The third kappa shape index (κ3) is 7.05. The minimum absolute atomic E-state index is 0.0531. The smallest absolute Gasteiger partial charge is 0.420 e. The molecule has 0 aliphatic rings. The lowest BCUT2D eigenvalue weighted by Crippen LogP contribution is -2.15. The van der Waals surface area contributed by atoms with Gasteiger partial charge in [-0.3, -0.25) is 0 Å². The molecule has 12 heteroatoms. The molecule has 0 bridgehead atoms. The van der Waals surface area contributed by atoms with E-state index in [1.54, 1.807) is 0 Å². The van der Waals surface area contributed by atoms with Crippen molar-refractivity contribution in [2.24, 2.45) is 0 Å². The summed E-state index contributed by atoms with van der Waals surface area (Å²) in [5, 5.41) is 20.9. The van der Waals surface area contributed by atoms with Crippen molar-refractivity contribution in [3.05, 3.63) is 65.9 Å². The molecule has 1 atom stereocenters. The topological polar surface area (TPSA) is 121 Å². The van der Waals surface area contributed by atoms with E-state index in [0.717, 1.165) is 0 Å². The third-order valence-electron chi connectivity index (χ3n) is 3.78. The minimum Gasteiger partial charge on any atom is -0.509 e. The quantitative estimate of drug-likeness (QED) is 0.319. The number of aromatic nitrogens is 2. The molecule has 168 valence electrons. The van der Waals surface area contributed by atoms with Crippen molar-refractivity contribution in [2.75, 3.05) is 18.2 Å². The fourth-order valence-corrected chi connectivity index (χ4v) is 2.80. The number of nitrogens with one attached hydrogen (secondary N) is 2. The first-order valence-corrected chi connectivity index (χ1v) is 10.3. The molecule has 0 saturated heterocycles. The Morgan fingerprint density at radius 2 is 2.06 bits per heavy atom. The Morgan fingerprint density at radius 3 is 2.65 bits per heavy atom. The highest BCUT2D eigenvalue weighted by Crippen LogP contribution is 2.37. The van der Waals surface area contributed by atoms with E-state index in [2.05, 4.69) is 33.2 Å². The van der Waals surface area contributed by atoms with E-state index in [1.165, 1.54) is 24.5 Å². The van der Waals surface area contributed by atoms with Gasteiger partial charge in [0.1, 0.15) is 22.8 Å². The van der Waals surface area contributed by atoms with E-state index in [-0.39, 0.29) is 48.5 Å². The summed E-state index contributed by atoms with van der Waals surface area (Å²) in [5.41, 5.74) is -1.01. The zero-order valence-electron chi connectivity index (χ0n) is 16.5. The number of anilines is 1. The molecule has 0 aliphatic heterocycles. The number of furan rings is 1. The van der Waals surface area contributed by atoms with Crippen LogP contribution in [0.4, 0.5) is 19.1 Å². The molecule has 0 radical (unpaired) electrons. The second kappa shape index (κ2) is 10.4. The molecule has 8 nitrogen and oxygen atoms in total. The van der Waals surface area contributed by atoms with Crippen LogP contribution in [0, 0.1) is 0 Å². The van der Waals surface area contributed by atoms with Gasteiger partial charge in [0.25, 0.3) is 0 Å². The fraction of sp³-hybridized carbons (Fsp3) is 0.263. The van der Waals surface area contributed by atoms with Gasteiger partial charge in [-0.2, -0.15) is 13.2 Å². The predicted molar refractivity (Wildman–Crippen MR) is 110 cm³/mol. The van der Waals surface area contributed by atoms with Crippen molar-refractivity contribution < 1.29 is 32.0 Å². The van der Waals surface area contributed by atoms with Crippen LogP contribution in [0.5, 0.6) is 0 Å². The molecule has 0 amide bonds. The lowest BCUT2D eigenvalue weighted by Gasteiger charge is -2.12. The van der Waals surface area contributed by atoms with Crippen molar-refractivity contribution in [3.63, 3.8) is 0 Å². The van der Waals surface area contributed by atoms with Crippen molar-refractivity contribution in [1.82, 2.24) is 14.7 Å². The molecule has 4 N–H and O–H groups in total. The molecular weight excluding hydrogens is 437 g/mol. The monoisotopic (exact) mass is 458 g/mol. The average Bonchev–Trinajstić information content (AvgIpc) is 3.07. The second-order valence-electron chi connectivity index (χ2n) is 6.24. The predicted octanol–water partition coefficient (Wildman–Crippen LogP) is 3.23. The van der Waals surface area contributed by atoms with Crippen LogP contribution in [0.2, 0.25) is 0 Å². The van der Waals surface area contributed by atoms with Gasteiger partial charge in [-0.25, -0.2) is 18.9 Å². The second-order valence-corrected chi connectivity index (χ2v) is 7.43. The number of halogens is 3. The van der Waals surface area contributed by atoms with Crippen molar-refractivity contribution in [3.8, 4) is 11.5 Å². The average molecular weight is 458 g/mol. The lowest BCUT2D eigenvalue weighted by atomic mass is 10.1. The Kier molecular flexibility index (Phi) is 8.14. The van der Waals surface area contributed by atoms with E-state index in [9.17, 15) is 22.5 Å². The Balaban J connectivity index is 2.49. The highest BCUT2D eigenvalue weighted by Gasteiger charge is 2.36. The molecule has 0 fully saturated rings. The molecule has 31 heavy (non-hydrogen) atoms. The highest BCUT2D eigenvalue weighted by atomic mass is 32.2. The van der Waals surface area contributed by atoms with Crippen LogP contribution in [-0.2, 0) is 30.1 Å². The zero-order valence-corrected chi connectivity index (χ0v) is 17.3. The van der Waals surface area contributed by atoms with Crippen molar-refractivity contribution in [1.29, 1.82) is 0 Å². The maximum Gasteiger partial charge on any atom is 0.420 e. The maximum absolute atomic E-state index is 13.5. The summed E-state index contributed by atoms with van der Waals surface area (Å²) in [6.07, 6.45) is -0.122. The number of hydrogen-bond acceptors (Lipinski definition) is 7. The first-order valence-electron chi connectivity index (χ1n) is 8.77. The van der Waals surface area contributed by atoms with Gasteiger partial charge in [0.15, 0.2) is 5.76 Å². The fourth-order valence-electron chi connectivity index (χ4n) is 2.44. The number of aliphatic hydroxyl groups is 2. The largest absolute Gasteiger partial charge is 0.509 e. The first-order chi connectivity index (χ1) is 14.5. The van der Waals surface area contributed by atoms with E-state index in [4.69, 9.17) is 9.52 Å². The van der Waals surface area contributed by atoms with Gasteiger partial charge in [0, 0.05) is 36.7 Å². The van der Waals surface area contributed by atoms with E-state index in [1.807, 2.05) is 0 Å². The Morgan fingerprint density at radius 1 is 1.35 bits per heavy atom. The Bertz CT molecular complexity index is 1020. The number of alkyl halides is 3. The van der Waals surface area contributed by atoms with Crippen LogP contribution in [0.25, 0.3) is 11.5 Å². The maximum atomic E-state index is 13.5. The van der Waals surface area contributed by atoms with E-state index >= 15 is 0 Å². The molecule has 2 aromatic rings. The molecule has 1 unspecified atom stereocenters. The summed E-state index contributed by atoms with van der Waals surface area (Å²) < 4.78 is 60.1. The lowest BCUT2D eigenvalue weighted by molar-refractivity contribution is -0.137. The van der Waals surface area contributed by atoms with Crippen molar-refractivity contribution in [2.45, 2.75) is 19.1 Å². The van der Waals surface area contributed by atoms with Gasteiger partial charge in [-0.1, -0.05) is 13.2 Å². The van der Waals surface area contributed by atoms with E-state index < -0.39 is 28.4 Å². The number of nitrogens with zero attached hydrogens (tertiary/aromatic N) is 2. The third-order valence-corrected chi connectivity index (χ3v) is 4.33. The SMILES string of the molecule is C=C(O)/C=C\C(=C)Nc1ncc(C(F)(F)F)c(-c2cc(CNS(C)=O)c(CCO)o2)n1. The summed E-state index contributed by atoms with van der Waals surface area (Å²) in [4.78, 5) is 7.60.